The Hall–Kier alpha value is -2.27. The van der Waals surface area contributed by atoms with Gasteiger partial charge in [0.1, 0.15) is 17.3 Å². The van der Waals surface area contributed by atoms with Gasteiger partial charge in [-0.15, -0.1) is 0 Å². The molecule has 19 heavy (non-hydrogen) atoms. The van der Waals surface area contributed by atoms with Gasteiger partial charge in [0.05, 0.1) is 20.8 Å². The van der Waals surface area contributed by atoms with Crippen LogP contribution in [0.15, 0.2) is 34.7 Å². The van der Waals surface area contributed by atoms with Crippen molar-refractivity contribution in [2.24, 2.45) is 5.73 Å². The largest absolute Gasteiger partial charge is 0.497 e. The molecule has 0 saturated carbocycles. The lowest BCUT2D eigenvalue weighted by molar-refractivity contribution is 0.101. The van der Waals surface area contributed by atoms with Gasteiger partial charge in [0.2, 0.25) is 5.78 Å². The lowest BCUT2D eigenvalue weighted by atomic mass is 10.1. The molecule has 2 rings (SSSR count). The molecular formula is C14H15NO4. The lowest BCUT2D eigenvalue weighted by Gasteiger charge is -2.06. The Morgan fingerprint density at radius 2 is 1.79 bits per heavy atom. The van der Waals surface area contributed by atoms with Crippen molar-refractivity contribution in [3.63, 3.8) is 0 Å². The van der Waals surface area contributed by atoms with E-state index in [2.05, 4.69) is 0 Å². The van der Waals surface area contributed by atoms with Gasteiger partial charge in [-0.1, -0.05) is 0 Å². The summed E-state index contributed by atoms with van der Waals surface area (Å²) in [4.78, 5) is 12.3. The highest BCUT2D eigenvalue weighted by Crippen LogP contribution is 2.24. The number of hydrogen-bond acceptors (Lipinski definition) is 5. The maximum Gasteiger partial charge on any atom is 0.228 e. The van der Waals surface area contributed by atoms with Crippen LogP contribution in [0, 0.1) is 0 Å². The molecule has 100 valence electrons. The Bertz CT molecular complexity index is 567. The number of nitrogens with two attached hydrogens (primary N) is 1. The van der Waals surface area contributed by atoms with Gasteiger partial charge in [-0.3, -0.25) is 4.79 Å². The number of ether oxygens (including phenoxy) is 2. The molecule has 1 heterocycles. The Labute approximate surface area is 110 Å². The fraction of sp³-hybridized carbons (Fsp3) is 0.214. The van der Waals surface area contributed by atoms with E-state index in [1.807, 2.05) is 0 Å². The van der Waals surface area contributed by atoms with Crippen LogP contribution in [0.25, 0.3) is 0 Å². The molecule has 2 N–H and O–H groups in total. The van der Waals surface area contributed by atoms with Gasteiger partial charge in [0, 0.05) is 11.6 Å². The van der Waals surface area contributed by atoms with Crippen molar-refractivity contribution in [2.45, 2.75) is 6.54 Å². The van der Waals surface area contributed by atoms with E-state index in [9.17, 15) is 4.79 Å². The van der Waals surface area contributed by atoms with Crippen molar-refractivity contribution in [2.75, 3.05) is 14.2 Å². The van der Waals surface area contributed by atoms with Gasteiger partial charge in [-0.05, 0) is 24.3 Å². The Morgan fingerprint density at radius 3 is 2.26 bits per heavy atom. The lowest BCUT2D eigenvalue weighted by Crippen LogP contribution is -2.01. The van der Waals surface area contributed by atoms with Crippen molar-refractivity contribution in [1.82, 2.24) is 0 Å². The molecule has 5 heteroatoms. The van der Waals surface area contributed by atoms with Crippen molar-refractivity contribution < 1.29 is 18.7 Å². The van der Waals surface area contributed by atoms with Gasteiger partial charge in [0.15, 0.2) is 5.76 Å². The van der Waals surface area contributed by atoms with Gasteiger partial charge in [-0.25, -0.2) is 0 Å². The zero-order valence-corrected chi connectivity index (χ0v) is 10.8. The highest BCUT2D eigenvalue weighted by atomic mass is 16.5. The third-order valence-electron chi connectivity index (χ3n) is 2.70. The topological polar surface area (TPSA) is 74.7 Å². The summed E-state index contributed by atoms with van der Waals surface area (Å²) in [7, 11) is 3.06. The molecule has 0 atom stereocenters. The average molecular weight is 261 g/mol. The molecule has 0 aliphatic carbocycles. The third kappa shape index (κ3) is 2.77. The smallest absolute Gasteiger partial charge is 0.228 e. The molecule has 0 radical (unpaired) electrons. The summed E-state index contributed by atoms with van der Waals surface area (Å²) in [6, 6.07) is 8.26. The van der Waals surface area contributed by atoms with Crippen LogP contribution >= 0.6 is 0 Å². The van der Waals surface area contributed by atoms with Crippen LogP contribution in [0.2, 0.25) is 0 Å². The summed E-state index contributed by atoms with van der Waals surface area (Å²) in [5.41, 5.74) is 5.89. The minimum absolute atomic E-state index is 0.239. The number of methoxy groups -OCH3 is 2. The minimum Gasteiger partial charge on any atom is -0.497 e. The SMILES string of the molecule is COc1cc(OC)cc(C(=O)c2ccc(CN)o2)c1. The summed E-state index contributed by atoms with van der Waals surface area (Å²) in [6.07, 6.45) is 0. The average Bonchev–Trinajstić information content (AvgIpc) is 2.94. The molecule has 0 aliphatic rings. The van der Waals surface area contributed by atoms with Gasteiger partial charge >= 0.3 is 0 Å². The van der Waals surface area contributed by atoms with Crippen LogP contribution in [-0.4, -0.2) is 20.0 Å². The van der Waals surface area contributed by atoms with Crippen molar-refractivity contribution in [3.05, 3.63) is 47.4 Å². The van der Waals surface area contributed by atoms with Crippen molar-refractivity contribution >= 4 is 5.78 Å². The number of benzene rings is 1. The Morgan fingerprint density at radius 1 is 1.16 bits per heavy atom. The van der Waals surface area contributed by atoms with Crippen LogP contribution in [0.4, 0.5) is 0 Å². The number of carbonyl (C=O) groups excluding carboxylic acids is 1. The normalized spacial score (nSPS) is 10.3. The minimum atomic E-state index is -0.239. The molecule has 0 amide bonds. The quantitative estimate of drug-likeness (QED) is 0.833. The van der Waals surface area contributed by atoms with Crippen LogP contribution in [0.1, 0.15) is 21.9 Å². The first-order valence-corrected chi connectivity index (χ1v) is 5.74. The Kier molecular flexibility index (Phi) is 3.87. The summed E-state index contributed by atoms with van der Waals surface area (Å²) >= 11 is 0. The summed E-state index contributed by atoms with van der Waals surface area (Å²) in [6.45, 7) is 0.259. The van der Waals surface area contributed by atoms with Crippen LogP contribution < -0.4 is 15.2 Å². The summed E-state index contributed by atoms with van der Waals surface area (Å²) in [5, 5.41) is 0. The van der Waals surface area contributed by atoms with Crippen LogP contribution in [-0.2, 0) is 6.54 Å². The molecular weight excluding hydrogens is 246 g/mol. The molecule has 5 nitrogen and oxygen atoms in total. The fourth-order valence-corrected chi connectivity index (χ4v) is 1.69. The first-order valence-electron chi connectivity index (χ1n) is 5.74. The predicted molar refractivity (Wildman–Crippen MR) is 69.6 cm³/mol. The highest BCUT2D eigenvalue weighted by Gasteiger charge is 2.15. The van der Waals surface area contributed by atoms with E-state index in [0.717, 1.165) is 0 Å². The van der Waals surface area contributed by atoms with Gasteiger partial charge in [-0.2, -0.15) is 0 Å². The second-order valence-corrected chi connectivity index (χ2v) is 3.90. The molecule has 0 bridgehead atoms. The van der Waals surface area contributed by atoms with Crippen molar-refractivity contribution in [1.29, 1.82) is 0 Å². The highest BCUT2D eigenvalue weighted by molar-refractivity contribution is 6.07. The fourth-order valence-electron chi connectivity index (χ4n) is 1.69. The molecule has 1 aromatic heterocycles. The van der Waals surface area contributed by atoms with Crippen LogP contribution in [0.5, 0.6) is 11.5 Å². The molecule has 0 unspecified atom stereocenters. The second-order valence-electron chi connectivity index (χ2n) is 3.90. The zero-order chi connectivity index (χ0) is 13.8. The van der Waals surface area contributed by atoms with E-state index in [1.54, 1.807) is 30.3 Å². The van der Waals surface area contributed by atoms with E-state index >= 15 is 0 Å². The summed E-state index contributed by atoms with van der Waals surface area (Å²) in [5.74, 6) is 1.67. The maximum absolute atomic E-state index is 12.3. The number of hydrogen-bond donors (Lipinski definition) is 1. The molecule has 2 aromatic rings. The standard InChI is InChI=1S/C14H15NO4/c1-17-11-5-9(6-12(7-11)18-2)14(16)13-4-3-10(8-15)19-13/h3-7H,8,15H2,1-2H3. The predicted octanol–water partition coefficient (Wildman–Crippen LogP) is 1.99. The van der Waals surface area contributed by atoms with E-state index < -0.39 is 0 Å². The van der Waals surface area contributed by atoms with E-state index in [1.165, 1.54) is 14.2 Å². The first-order chi connectivity index (χ1) is 9.17. The molecule has 0 saturated heterocycles. The molecule has 0 aliphatic heterocycles. The summed E-state index contributed by atoms with van der Waals surface area (Å²) < 4.78 is 15.6. The number of furan rings is 1. The van der Waals surface area contributed by atoms with E-state index in [-0.39, 0.29) is 18.1 Å². The third-order valence-corrected chi connectivity index (χ3v) is 2.70. The van der Waals surface area contributed by atoms with Gasteiger partial charge < -0.3 is 19.6 Å². The van der Waals surface area contributed by atoms with E-state index in [0.29, 0.717) is 22.8 Å². The molecule has 0 spiro atoms. The molecule has 0 fully saturated rings. The van der Waals surface area contributed by atoms with Crippen molar-refractivity contribution in [3.8, 4) is 11.5 Å². The van der Waals surface area contributed by atoms with Gasteiger partial charge in [0.25, 0.3) is 0 Å². The first kappa shape index (κ1) is 13.2. The second kappa shape index (κ2) is 5.58. The monoisotopic (exact) mass is 261 g/mol. The van der Waals surface area contributed by atoms with E-state index in [4.69, 9.17) is 19.6 Å². The van der Waals surface area contributed by atoms with Crippen LogP contribution in [0.3, 0.4) is 0 Å². The Balaban J connectivity index is 2.37. The zero-order valence-electron chi connectivity index (χ0n) is 10.8. The number of carbonyl (C=O) groups is 1. The maximum atomic E-state index is 12.3. The number of ketones is 1. The number of rotatable bonds is 5. The molecule has 1 aromatic carbocycles.